The largest absolute Gasteiger partial charge is 0.490 e. The van der Waals surface area contributed by atoms with Crippen LogP contribution in [0.3, 0.4) is 0 Å². The maximum Gasteiger partial charge on any atom is 0.311 e. The molecule has 0 aliphatic heterocycles. The number of ether oxygens (including phenoxy) is 2. The molecule has 3 aromatic carbocycles. The van der Waals surface area contributed by atoms with Gasteiger partial charge in [0.1, 0.15) is 5.75 Å². The van der Waals surface area contributed by atoms with Gasteiger partial charge in [0.05, 0.1) is 18.2 Å². The van der Waals surface area contributed by atoms with E-state index in [1.54, 1.807) is 12.1 Å². The molecule has 0 saturated carbocycles. The average Bonchev–Trinajstić information content (AvgIpc) is 2.73. The topological polar surface area (TPSA) is 103 Å². The van der Waals surface area contributed by atoms with E-state index in [0.717, 1.165) is 15.2 Å². The van der Waals surface area contributed by atoms with Gasteiger partial charge in [-0.1, -0.05) is 40.2 Å². The summed E-state index contributed by atoms with van der Waals surface area (Å²) in [5.74, 6) is 0.260. The van der Waals surface area contributed by atoms with Gasteiger partial charge < -0.3 is 9.47 Å². The highest BCUT2D eigenvalue weighted by Crippen LogP contribution is 2.31. The fraction of sp³-hybridized carbons (Fsp3) is 0.100. The summed E-state index contributed by atoms with van der Waals surface area (Å²) in [6.45, 7) is -0.230. The Kier molecular flexibility index (Phi) is 6.40. The zero-order valence-corrected chi connectivity index (χ0v) is 16.9. The minimum Gasteiger partial charge on any atom is -0.490 e. The first-order valence-electron chi connectivity index (χ1n) is 8.44. The number of halogens is 1. The van der Waals surface area contributed by atoms with Crippen molar-refractivity contribution < 1.29 is 19.2 Å². The molecule has 0 aliphatic carbocycles. The Hall–Kier alpha value is -3.46. The molecule has 3 aromatic rings. The van der Waals surface area contributed by atoms with E-state index in [2.05, 4.69) is 26.5 Å². The molecule has 0 aromatic heterocycles. The second-order valence-electron chi connectivity index (χ2n) is 5.86. The highest BCUT2D eigenvalue weighted by molar-refractivity contribution is 9.10. The van der Waals surface area contributed by atoms with Gasteiger partial charge in [0, 0.05) is 21.5 Å². The van der Waals surface area contributed by atoms with E-state index >= 15 is 0 Å². The van der Waals surface area contributed by atoms with Crippen LogP contribution in [-0.2, 0) is 4.79 Å². The van der Waals surface area contributed by atoms with Gasteiger partial charge in [-0.05, 0) is 29.7 Å². The Balaban J connectivity index is 1.62. The number of carbonyl (C=O) groups excluding carboxylic acids is 1. The Bertz CT molecular complexity index is 1100. The number of carbonyl (C=O) groups is 1. The van der Waals surface area contributed by atoms with Crippen LogP contribution >= 0.6 is 15.9 Å². The molecule has 0 radical (unpaired) electrons. The summed E-state index contributed by atoms with van der Waals surface area (Å²) < 4.78 is 11.5. The lowest BCUT2D eigenvalue weighted by Gasteiger charge is -2.09. The number of fused-ring (bicyclic) bond motifs is 1. The van der Waals surface area contributed by atoms with Crippen LogP contribution < -0.4 is 14.9 Å². The first-order valence-corrected chi connectivity index (χ1v) is 9.23. The first kappa shape index (κ1) is 20.3. The van der Waals surface area contributed by atoms with Crippen LogP contribution in [-0.4, -0.2) is 30.8 Å². The number of nitrogens with zero attached hydrogens (tertiary/aromatic N) is 2. The normalized spacial score (nSPS) is 10.8. The van der Waals surface area contributed by atoms with E-state index in [0.29, 0.717) is 11.3 Å². The van der Waals surface area contributed by atoms with Gasteiger partial charge in [0.25, 0.3) is 5.91 Å². The number of benzene rings is 3. The van der Waals surface area contributed by atoms with Crippen molar-refractivity contribution in [2.24, 2.45) is 5.10 Å². The molecule has 0 saturated heterocycles. The lowest BCUT2D eigenvalue weighted by molar-refractivity contribution is -0.385. The van der Waals surface area contributed by atoms with Crippen LogP contribution in [0.2, 0.25) is 0 Å². The van der Waals surface area contributed by atoms with E-state index < -0.39 is 10.8 Å². The van der Waals surface area contributed by atoms with E-state index in [4.69, 9.17) is 9.47 Å². The van der Waals surface area contributed by atoms with Crippen molar-refractivity contribution >= 4 is 44.5 Å². The van der Waals surface area contributed by atoms with Crippen molar-refractivity contribution in [1.29, 1.82) is 0 Å². The van der Waals surface area contributed by atoms with Crippen LogP contribution in [0.5, 0.6) is 11.5 Å². The number of nitrogens with one attached hydrogen (secondary N) is 1. The minimum atomic E-state index is -0.550. The van der Waals surface area contributed by atoms with Crippen molar-refractivity contribution in [2.75, 3.05) is 13.7 Å². The number of hydrogen-bond acceptors (Lipinski definition) is 6. The van der Waals surface area contributed by atoms with Gasteiger partial charge in [-0.25, -0.2) is 5.43 Å². The molecule has 0 unspecified atom stereocenters. The molecule has 0 atom stereocenters. The zero-order chi connectivity index (χ0) is 20.8. The smallest absolute Gasteiger partial charge is 0.311 e. The number of nitro groups is 1. The highest BCUT2D eigenvalue weighted by Gasteiger charge is 2.14. The Labute approximate surface area is 174 Å². The predicted molar refractivity (Wildman–Crippen MR) is 113 cm³/mol. The van der Waals surface area contributed by atoms with Gasteiger partial charge in [0.2, 0.25) is 0 Å². The second kappa shape index (κ2) is 9.16. The molecule has 29 heavy (non-hydrogen) atoms. The SMILES string of the molecule is COc1ccc(/C=N/NC(=O)COc2ccc(Br)c3ccccc23)cc1[N+](=O)[O-]. The number of nitro benzene ring substituents is 1. The summed E-state index contributed by atoms with van der Waals surface area (Å²) in [4.78, 5) is 22.5. The number of hydrazone groups is 1. The fourth-order valence-electron chi connectivity index (χ4n) is 2.64. The average molecular weight is 458 g/mol. The van der Waals surface area contributed by atoms with Crippen LogP contribution in [0.4, 0.5) is 5.69 Å². The van der Waals surface area contributed by atoms with E-state index in [9.17, 15) is 14.9 Å². The maximum absolute atomic E-state index is 12.0. The van der Waals surface area contributed by atoms with E-state index in [1.165, 1.54) is 25.5 Å². The lowest BCUT2D eigenvalue weighted by Crippen LogP contribution is -2.24. The van der Waals surface area contributed by atoms with Crippen molar-refractivity contribution in [3.05, 3.63) is 74.7 Å². The first-order chi connectivity index (χ1) is 14.0. The standard InChI is InChI=1S/C20H16BrN3O5/c1-28-19-8-6-13(10-17(19)24(26)27)11-22-23-20(25)12-29-18-9-7-16(21)14-4-2-3-5-15(14)18/h2-11H,12H2,1H3,(H,23,25)/b22-11+. The summed E-state index contributed by atoms with van der Waals surface area (Å²) in [7, 11) is 1.35. The molecular weight excluding hydrogens is 442 g/mol. The van der Waals surface area contributed by atoms with E-state index in [1.807, 2.05) is 30.3 Å². The summed E-state index contributed by atoms with van der Waals surface area (Å²) >= 11 is 3.49. The van der Waals surface area contributed by atoms with Gasteiger partial charge in [0.15, 0.2) is 12.4 Å². The van der Waals surface area contributed by atoms with Gasteiger partial charge in [-0.15, -0.1) is 0 Å². The molecule has 8 nitrogen and oxygen atoms in total. The molecule has 0 fully saturated rings. The van der Waals surface area contributed by atoms with Crippen molar-refractivity contribution in [2.45, 2.75) is 0 Å². The molecule has 3 rings (SSSR count). The Morgan fingerprint density at radius 2 is 1.90 bits per heavy atom. The predicted octanol–water partition coefficient (Wildman–Crippen LogP) is 4.05. The summed E-state index contributed by atoms with van der Waals surface area (Å²) in [6.07, 6.45) is 1.30. The number of hydrogen-bond donors (Lipinski definition) is 1. The van der Waals surface area contributed by atoms with Crippen LogP contribution in [0.1, 0.15) is 5.56 Å². The zero-order valence-electron chi connectivity index (χ0n) is 15.3. The summed E-state index contributed by atoms with van der Waals surface area (Å²) in [5.41, 5.74) is 2.59. The van der Waals surface area contributed by atoms with Gasteiger partial charge in [-0.2, -0.15) is 5.10 Å². The number of methoxy groups -OCH3 is 1. The maximum atomic E-state index is 12.0. The Morgan fingerprint density at radius 3 is 2.62 bits per heavy atom. The molecule has 1 amide bonds. The second-order valence-corrected chi connectivity index (χ2v) is 6.72. The molecule has 0 spiro atoms. The third-order valence-corrected chi connectivity index (χ3v) is 4.68. The lowest BCUT2D eigenvalue weighted by atomic mass is 10.1. The molecular formula is C20H16BrN3O5. The molecule has 1 N–H and O–H groups in total. The highest BCUT2D eigenvalue weighted by atomic mass is 79.9. The molecule has 0 bridgehead atoms. The molecule has 0 heterocycles. The van der Waals surface area contributed by atoms with E-state index in [-0.39, 0.29) is 18.0 Å². The number of amides is 1. The summed E-state index contributed by atoms with van der Waals surface area (Å²) in [5, 5.41) is 16.7. The van der Waals surface area contributed by atoms with Gasteiger partial charge in [-0.3, -0.25) is 14.9 Å². The third kappa shape index (κ3) is 4.88. The van der Waals surface area contributed by atoms with Crippen molar-refractivity contribution in [3.63, 3.8) is 0 Å². The summed E-state index contributed by atoms with van der Waals surface area (Å²) in [6, 6.07) is 15.6. The molecule has 0 aliphatic rings. The fourth-order valence-corrected chi connectivity index (χ4v) is 3.12. The van der Waals surface area contributed by atoms with Crippen LogP contribution in [0.25, 0.3) is 10.8 Å². The third-order valence-electron chi connectivity index (χ3n) is 3.99. The van der Waals surface area contributed by atoms with Gasteiger partial charge >= 0.3 is 5.69 Å². The minimum absolute atomic E-state index is 0.145. The monoisotopic (exact) mass is 457 g/mol. The van der Waals surface area contributed by atoms with Crippen molar-refractivity contribution in [1.82, 2.24) is 5.43 Å². The molecule has 9 heteroatoms. The van der Waals surface area contributed by atoms with Crippen LogP contribution in [0, 0.1) is 10.1 Å². The Morgan fingerprint density at radius 1 is 1.17 bits per heavy atom. The number of rotatable bonds is 7. The van der Waals surface area contributed by atoms with Crippen LogP contribution in [0.15, 0.2) is 64.2 Å². The van der Waals surface area contributed by atoms with Crippen molar-refractivity contribution in [3.8, 4) is 11.5 Å². The molecule has 148 valence electrons. The quantitative estimate of drug-likeness (QED) is 0.327.